The van der Waals surface area contributed by atoms with E-state index in [0.29, 0.717) is 17.5 Å². The number of carbonyl (C=O) groups is 3. The average molecular weight is 302 g/mol. The molecule has 0 unspecified atom stereocenters. The summed E-state index contributed by atoms with van der Waals surface area (Å²) in [7, 11) is 0. The topological polar surface area (TPSA) is 66.5 Å². The molecule has 1 aromatic carbocycles. The fraction of sp³-hybridized carbons (Fsp3) is 0.471. The largest absolute Gasteiger partial charge is 0.354 e. The van der Waals surface area contributed by atoms with Gasteiger partial charge < -0.3 is 5.32 Å². The van der Waals surface area contributed by atoms with Gasteiger partial charge in [-0.3, -0.25) is 19.3 Å². The van der Waals surface area contributed by atoms with E-state index in [-0.39, 0.29) is 36.2 Å². The van der Waals surface area contributed by atoms with Crippen molar-refractivity contribution in [3.05, 3.63) is 34.9 Å². The van der Waals surface area contributed by atoms with Crippen LogP contribution in [0.25, 0.3) is 0 Å². The molecule has 0 saturated heterocycles. The Morgan fingerprint density at radius 2 is 1.77 bits per heavy atom. The van der Waals surface area contributed by atoms with Crippen molar-refractivity contribution in [2.45, 2.75) is 34.1 Å². The third kappa shape index (κ3) is 3.53. The molecular weight excluding hydrogens is 280 g/mol. The fourth-order valence-corrected chi connectivity index (χ4v) is 2.46. The molecule has 2 rings (SSSR count). The van der Waals surface area contributed by atoms with Crippen molar-refractivity contribution in [1.29, 1.82) is 0 Å². The Labute approximate surface area is 130 Å². The lowest BCUT2D eigenvalue weighted by Gasteiger charge is -2.18. The summed E-state index contributed by atoms with van der Waals surface area (Å²) in [5.74, 6) is -0.640. The van der Waals surface area contributed by atoms with E-state index in [4.69, 9.17) is 0 Å². The van der Waals surface area contributed by atoms with Gasteiger partial charge >= 0.3 is 0 Å². The maximum Gasteiger partial charge on any atom is 0.261 e. The van der Waals surface area contributed by atoms with Crippen molar-refractivity contribution in [3.8, 4) is 0 Å². The van der Waals surface area contributed by atoms with E-state index in [1.165, 1.54) is 4.90 Å². The molecule has 0 spiro atoms. The number of imide groups is 1. The summed E-state index contributed by atoms with van der Waals surface area (Å²) in [5.41, 5.74) is 1.75. The van der Waals surface area contributed by atoms with Crippen LogP contribution in [0.2, 0.25) is 0 Å². The van der Waals surface area contributed by atoms with Gasteiger partial charge in [0.05, 0.1) is 11.1 Å². The molecule has 22 heavy (non-hydrogen) atoms. The molecule has 1 aliphatic rings. The molecule has 0 bridgehead atoms. The molecular formula is C17H22N2O3. The van der Waals surface area contributed by atoms with Crippen LogP contribution in [0.1, 0.15) is 53.5 Å². The van der Waals surface area contributed by atoms with Crippen LogP contribution in [0.3, 0.4) is 0 Å². The predicted octanol–water partition coefficient (Wildman–Crippen LogP) is 2.14. The van der Waals surface area contributed by atoms with Gasteiger partial charge in [0.2, 0.25) is 5.91 Å². The number of fused-ring (bicyclic) bond motifs is 1. The van der Waals surface area contributed by atoms with E-state index in [1.54, 1.807) is 12.1 Å². The SMILES string of the molecule is Cc1ccc2c(c1)C(=O)N(CCNC(=O)CC(C)(C)C)C2=O. The number of hydrogen-bond donors (Lipinski definition) is 1. The van der Waals surface area contributed by atoms with Crippen LogP contribution in [0, 0.1) is 12.3 Å². The molecule has 118 valence electrons. The number of carbonyl (C=O) groups excluding carboxylic acids is 3. The van der Waals surface area contributed by atoms with Crippen molar-refractivity contribution in [1.82, 2.24) is 10.2 Å². The number of aryl methyl sites for hydroxylation is 1. The van der Waals surface area contributed by atoms with Crippen LogP contribution in [0.4, 0.5) is 0 Å². The summed E-state index contributed by atoms with van der Waals surface area (Å²) in [6.45, 7) is 8.31. The molecule has 5 heteroatoms. The fourth-order valence-electron chi connectivity index (χ4n) is 2.46. The van der Waals surface area contributed by atoms with Gasteiger partial charge in [0, 0.05) is 19.5 Å². The van der Waals surface area contributed by atoms with Gasteiger partial charge in [0.15, 0.2) is 0 Å². The smallest absolute Gasteiger partial charge is 0.261 e. The number of nitrogens with zero attached hydrogens (tertiary/aromatic N) is 1. The maximum atomic E-state index is 12.3. The van der Waals surface area contributed by atoms with Gasteiger partial charge in [-0.1, -0.05) is 32.4 Å². The third-order valence-electron chi connectivity index (χ3n) is 3.47. The Bertz CT molecular complexity index is 629. The van der Waals surface area contributed by atoms with Crippen molar-refractivity contribution >= 4 is 17.7 Å². The summed E-state index contributed by atoms with van der Waals surface area (Å²) in [6, 6.07) is 5.23. The van der Waals surface area contributed by atoms with Gasteiger partial charge in [-0.25, -0.2) is 0 Å². The monoisotopic (exact) mass is 302 g/mol. The first-order valence-corrected chi connectivity index (χ1v) is 7.42. The minimum atomic E-state index is -0.287. The predicted molar refractivity (Wildman–Crippen MR) is 83.6 cm³/mol. The standard InChI is InChI=1S/C17H22N2O3/c1-11-5-6-12-13(9-11)16(22)19(15(12)21)8-7-18-14(20)10-17(2,3)4/h5-6,9H,7-8,10H2,1-4H3,(H,18,20). The van der Waals surface area contributed by atoms with Crippen LogP contribution in [0.5, 0.6) is 0 Å². The van der Waals surface area contributed by atoms with Gasteiger partial charge in [0.1, 0.15) is 0 Å². The Balaban J connectivity index is 1.94. The zero-order valence-electron chi connectivity index (χ0n) is 13.5. The van der Waals surface area contributed by atoms with Gasteiger partial charge in [-0.15, -0.1) is 0 Å². The summed E-state index contributed by atoms with van der Waals surface area (Å²) >= 11 is 0. The lowest BCUT2D eigenvalue weighted by atomic mass is 9.92. The lowest BCUT2D eigenvalue weighted by Crippen LogP contribution is -2.38. The number of hydrogen-bond acceptors (Lipinski definition) is 3. The van der Waals surface area contributed by atoms with Crippen molar-refractivity contribution in [3.63, 3.8) is 0 Å². The first kappa shape index (κ1) is 16.2. The summed E-state index contributed by atoms with van der Waals surface area (Å²) < 4.78 is 0. The normalized spacial score (nSPS) is 14.3. The van der Waals surface area contributed by atoms with Crippen LogP contribution in [0.15, 0.2) is 18.2 Å². The first-order chi connectivity index (χ1) is 10.2. The molecule has 0 fully saturated rings. The Hall–Kier alpha value is -2.17. The van der Waals surface area contributed by atoms with Crippen LogP contribution >= 0.6 is 0 Å². The van der Waals surface area contributed by atoms with E-state index in [0.717, 1.165) is 5.56 Å². The minimum absolute atomic E-state index is 0.0695. The average Bonchev–Trinajstić information content (AvgIpc) is 2.61. The van der Waals surface area contributed by atoms with E-state index in [1.807, 2.05) is 33.8 Å². The van der Waals surface area contributed by atoms with E-state index in [9.17, 15) is 14.4 Å². The quantitative estimate of drug-likeness (QED) is 0.867. The third-order valence-corrected chi connectivity index (χ3v) is 3.47. The molecule has 1 N–H and O–H groups in total. The Morgan fingerprint density at radius 1 is 1.14 bits per heavy atom. The molecule has 5 nitrogen and oxygen atoms in total. The second-order valence-corrected chi connectivity index (χ2v) is 6.90. The maximum absolute atomic E-state index is 12.3. The van der Waals surface area contributed by atoms with Crippen LogP contribution in [-0.2, 0) is 4.79 Å². The minimum Gasteiger partial charge on any atom is -0.354 e. The van der Waals surface area contributed by atoms with Gasteiger partial charge in [-0.05, 0) is 24.5 Å². The van der Waals surface area contributed by atoms with E-state index < -0.39 is 0 Å². The highest BCUT2D eigenvalue weighted by Crippen LogP contribution is 2.23. The van der Waals surface area contributed by atoms with Crippen LogP contribution < -0.4 is 5.32 Å². The summed E-state index contributed by atoms with van der Waals surface area (Å²) in [4.78, 5) is 37.4. The summed E-state index contributed by atoms with van der Waals surface area (Å²) in [5, 5.41) is 2.76. The zero-order chi connectivity index (χ0) is 16.5. The highest BCUT2D eigenvalue weighted by molar-refractivity contribution is 6.21. The second kappa shape index (κ2) is 5.91. The Morgan fingerprint density at radius 3 is 2.41 bits per heavy atom. The van der Waals surface area contributed by atoms with Crippen LogP contribution in [-0.4, -0.2) is 35.7 Å². The van der Waals surface area contributed by atoms with E-state index in [2.05, 4.69) is 5.32 Å². The summed E-state index contributed by atoms with van der Waals surface area (Å²) in [6.07, 6.45) is 0.411. The van der Waals surface area contributed by atoms with Gasteiger partial charge in [0.25, 0.3) is 11.8 Å². The molecule has 0 saturated carbocycles. The number of nitrogens with one attached hydrogen (secondary N) is 1. The van der Waals surface area contributed by atoms with Crippen molar-refractivity contribution in [2.75, 3.05) is 13.1 Å². The zero-order valence-corrected chi connectivity index (χ0v) is 13.5. The molecule has 1 aromatic rings. The molecule has 0 radical (unpaired) electrons. The Kier molecular flexibility index (Phi) is 4.35. The molecule has 0 aromatic heterocycles. The van der Waals surface area contributed by atoms with E-state index >= 15 is 0 Å². The number of benzene rings is 1. The number of rotatable bonds is 4. The van der Waals surface area contributed by atoms with Crippen molar-refractivity contribution in [2.24, 2.45) is 5.41 Å². The molecule has 3 amide bonds. The van der Waals surface area contributed by atoms with Gasteiger partial charge in [-0.2, -0.15) is 0 Å². The van der Waals surface area contributed by atoms with Crippen molar-refractivity contribution < 1.29 is 14.4 Å². The highest BCUT2D eigenvalue weighted by atomic mass is 16.2. The molecule has 0 atom stereocenters. The molecule has 1 aliphatic heterocycles. The first-order valence-electron chi connectivity index (χ1n) is 7.42. The second-order valence-electron chi connectivity index (χ2n) is 6.90. The molecule has 0 aliphatic carbocycles. The lowest BCUT2D eigenvalue weighted by molar-refractivity contribution is -0.122. The highest BCUT2D eigenvalue weighted by Gasteiger charge is 2.35. The molecule has 1 heterocycles. The number of amides is 3.